The van der Waals surface area contributed by atoms with E-state index in [-0.39, 0.29) is 36.0 Å². The number of nitro groups is 1. The summed E-state index contributed by atoms with van der Waals surface area (Å²) >= 11 is 0. The van der Waals surface area contributed by atoms with Crippen molar-refractivity contribution in [2.24, 2.45) is 0 Å². The van der Waals surface area contributed by atoms with E-state index >= 15 is 0 Å². The van der Waals surface area contributed by atoms with Crippen molar-refractivity contribution in [1.82, 2.24) is 0 Å². The number of ketones is 1. The molecule has 0 atom stereocenters. The third-order valence-electron chi connectivity index (χ3n) is 3.82. The van der Waals surface area contributed by atoms with Gasteiger partial charge in [-0.25, -0.2) is 4.79 Å². The van der Waals surface area contributed by atoms with Crippen molar-refractivity contribution in [3.05, 3.63) is 63.2 Å². The minimum atomic E-state index is -0.734. The van der Waals surface area contributed by atoms with Crippen LogP contribution in [0, 0.1) is 10.1 Å². The fourth-order valence-electron chi connectivity index (χ4n) is 2.50. The number of hydrogen-bond donors (Lipinski definition) is 0. The summed E-state index contributed by atoms with van der Waals surface area (Å²) in [4.78, 5) is 34.5. The molecule has 0 radical (unpaired) electrons. The Morgan fingerprint density at radius 1 is 0.964 bits per heavy atom. The van der Waals surface area contributed by atoms with Crippen LogP contribution in [0.25, 0.3) is 0 Å². The van der Waals surface area contributed by atoms with Crippen LogP contribution in [0.3, 0.4) is 0 Å². The maximum atomic E-state index is 12.4. The highest BCUT2D eigenvalue weighted by molar-refractivity contribution is 5.94. The molecule has 0 bridgehead atoms. The first-order valence-corrected chi connectivity index (χ1v) is 8.72. The Morgan fingerprint density at radius 2 is 1.57 bits per heavy atom. The lowest BCUT2D eigenvalue weighted by Crippen LogP contribution is -2.08. The third kappa shape index (κ3) is 5.06. The lowest BCUT2D eigenvalue weighted by Gasteiger charge is -2.12. The predicted octanol–water partition coefficient (Wildman–Crippen LogP) is 3.95. The molecule has 8 nitrogen and oxygen atoms in total. The lowest BCUT2D eigenvalue weighted by atomic mass is 10.1. The summed E-state index contributed by atoms with van der Waals surface area (Å²) < 4.78 is 16.0. The molecule has 0 saturated carbocycles. The van der Waals surface area contributed by atoms with Crippen molar-refractivity contribution in [3.8, 4) is 11.5 Å². The maximum absolute atomic E-state index is 12.4. The number of ether oxygens (including phenoxy) is 3. The zero-order chi connectivity index (χ0) is 20.7. The van der Waals surface area contributed by atoms with Gasteiger partial charge in [-0.15, -0.1) is 0 Å². The zero-order valence-electron chi connectivity index (χ0n) is 15.9. The van der Waals surface area contributed by atoms with Crippen LogP contribution in [-0.2, 0) is 11.3 Å². The Hall–Kier alpha value is -3.42. The molecule has 0 aromatic heterocycles. The number of hydrogen-bond acceptors (Lipinski definition) is 7. The van der Waals surface area contributed by atoms with Gasteiger partial charge in [-0.3, -0.25) is 14.9 Å². The molecule has 0 saturated heterocycles. The molecular formula is C20H21NO7. The molecule has 0 fully saturated rings. The standard InChI is InChI=1S/C20H21NO7/c1-4-26-18-8-6-14(13(3)22)10-16(18)12-28-20(23)15-7-9-19(27-5-2)17(11-15)21(24)25/h6-11H,4-5,12H2,1-3H3. The minimum Gasteiger partial charge on any atom is -0.493 e. The SMILES string of the molecule is CCOc1ccc(C(C)=O)cc1COC(=O)c1ccc(OCC)c([N+](=O)[O-])c1. The molecule has 0 aliphatic rings. The van der Waals surface area contributed by atoms with Gasteiger partial charge in [0.25, 0.3) is 0 Å². The van der Waals surface area contributed by atoms with Crippen LogP contribution >= 0.6 is 0 Å². The van der Waals surface area contributed by atoms with E-state index in [9.17, 15) is 19.7 Å². The maximum Gasteiger partial charge on any atom is 0.338 e. The highest BCUT2D eigenvalue weighted by Gasteiger charge is 2.20. The van der Waals surface area contributed by atoms with Gasteiger partial charge in [-0.2, -0.15) is 0 Å². The normalized spacial score (nSPS) is 10.2. The minimum absolute atomic E-state index is 0.0239. The molecule has 0 heterocycles. The molecule has 28 heavy (non-hydrogen) atoms. The van der Waals surface area contributed by atoms with E-state index < -0.39 is 10.9 Å². The highest BCUT2D eigenvalue weighted by Crippen LogP contribution is 2.29. The molecule has 2 aromatic carbocycles. The van der Waals surface area contributed by atoms with Gasteiger partial charge in [0.15, 0.2) is 11.5 Å². The highest BCUT2D eigenvalue weighted by atomic mass is 16.6. The number of nitro benzene ring substituents is 1. The molecule has 148 valence electrons. The van der Waals surface area contributed by atoms with Crippen LogP contribution in [0.1, 0.15) is 47.1 Å². The Kier molecular flexibility index (Phi) is 7.08. The van der Waals surface area contributed by atoms with Gasteiger partial charge in [0.2, 0.25) is 0 Å². The average molecular weight is 387 g/mol. The summed E-state index contributed by atoms with van der Waals surface area (Å²) in [5, 5.41) is 11.2. The first-order valence-electron chi connectivity index (χ1n) is 8.72. The van der Waals surface area contributed by atoms with Gasteiger partial charge in [0, 0.05) is 17.2 Å². The van der Waals surface area contributed by atoms with Crippen molar-refractivity contribution in [1.29, 1.82) is 0 Å². The molecule has 0 spiro atoms. The molecule has 8 heteroatoms. The molecule has 2 rings (SSSR count). The van der Waals surface area contributed by atoms with Crippen LogP contribution in [0.2, 0.25) is 0 Å². The summed E-state index contributed by atoms with van der Waals surface area (Å²) in [6.45, 7) is 5.48. The largest absolute Gasteiger partial charge is 0.493 e. The molecular weight excluding hydrogens is 366 g/mol. The van der Waals surface area contributed by atoms with Crippen molar-refractivity contribution >= 4 is 17.4 Å². The van der Waals surface area contributed by atoms with Gasteiger partial charge < -0.3 is 14.2 Å². The average Bonchev–Trinajstić information content (AvgIpc) is 2.67. The van der Waals surface area contributed by atoms with E-state index in [0.29, 0.717) is 23.5 Å². The number of carbonyl (C=O) groups excluding carboxylic acids is 2. The Balaban J connectivity index is 2.22. The molecule has 0 N–H and O–H groups in total. The second kappa shape index (κ2) is 9.50. The van der Waals surface area contributed by atoms with Crippen molar-refractivity contribution < 1.29 is 28.7 Å². The van der Waals surface area contributed by atoms with Gasteiger partial charge in [0.05, 0.1) is 23.7 Å². The van der Waals surface area contributed by atoms with Crippen LogP contribution in [0.4, 0.5) is 5.69 Å². The molecule has 0 amide bonds. The van der Waals surface area contributed by atoms with E-state index in [2.05, 4.69) is 0 Å². The van der Waals surface area contributed by atoms with E-state index in [1.54, 1.807) is 25.1 Å². The molecule has 2 aromatic rings. The first-order chi connectivity index (χ1) is 13.4. The second-order valence-electron chi connectivity index (χ2n) is 5.76. The fraction of sp³-hybridized carbons (Fsp3) is 0.300. The van der Waals surface area contributed by atoms with Crippen molar-refractivity contribution in [3.63, 3.8) is 0 Å². The Bertz CT molecular complexity index is 892. The van der Waals surface area contributed by atoms with Gasteiger partial charge >= 0.3 is 11.7 Å². The summed E-state index contributed by atoms with van der Waals surface area (Å²) in [5.41, 5.74) is 0.704. The Morgan fingerprint density at radius 3 is 2.18 bits per heavy atom. The summed E-state index contributed by atoms with van der Waals surface area (Å²) in [7, 11) is 0. The second-order valence-corrected chi connectivity index (χ2v) is 5.76. The van der Waals surface area contributed by atoms with E-state index in [0.717, 1.165) is 6.07 Å². The molecule has 0 aliphatic carbocycles. The number of esters is 1. The third-order valence-corrected chi connectivity index (χ3v) is 3.82. The van der Waals surface area contributed by atoms with Crippen LogP contribution in [0.5, 0.6) is 11.5 Å². The van der Waals surface area contributed by atoms with Gasteiger partial charge in [0.1, 0.15) is 12.4 Å². The van der Waals surface area contributed by atoms with Crippen molar-refractivity contribution in [2.45, 2.75) is 27.4 Å². The number of benzene rings is 2. The van der Waals surface area contributed by atoms with E-state index in [1.165, 1.54) is 19.1 Å². The van der Waals surface area contributed by atoms with Crippen LogP contribution in [0.15, 0.2) is 36.4 Å². The zero-order valence-corrected chi connectivity index (χ0v) is 15.9. The number of rotatable bonds is 9. The van der Waals surface area contributed by atoms with Gasteiger partial charge in [-0.1, -0.05) is 0 Å². The number of Topliss-reactive ketones (excluding diaryl/α,β-unsaturated/α-hetero) is 1. The summed E-state index contributed by atoms with van der Waals surface area (Å²) in [6, 6.07) is 8.75. The number of nitrogens with zero attached hydrogens (tertiary/aromatic N) is 1. The summed E-state index contributed by atoms with van der Waals surface area (Å²) in [5.74, 6) is -0.283. The molecule has 0 unspecified atom stereocenters. The smallest absolute Gasteiger partial charge is 0.338 e. The quantitative estimate of drug-likeness (QED) is 0.278. The lowest BCUT2D eigenvalue weighted by molar-refractivity contribution is -0.385. The first kappa shape index (κ1) is 20.9. The van der Waals surface area contributed by atoms with Gasteiger partial charge in [-0.05, 0) is 51.1 Å². The van der Waals surface area contributed by atoms with E-state index in [4.69, 9.17) is 14.2 Å². The number of carbonyl (C=O) groups is 2. The van der Waals surface area contributed by atoms with Crippen molar-refractivity contribution in [2.75, 3.05) is 13.2 Å². The van der Waals surface area contributed by atoms with E-state index in [1.807, 2.05) is 6.92 Å². The topological polar surface area (TPSA) is 105 Å². The summed E-state index contributed by atoms with van der Waals surface area (Å²) in [6.07, 6.45) is 0. The fourth-order valence-corrected chi connectivity index (χ4v) is 2.50. The van der Waals surface area contributed by atoms with Crippen LogP contribution in [-0.4, -0.2) is 29.9 Å². The van der Waals surface area contributed by atoms with Crippen LogP contribution < -0.4 is 9.47 Å². The predicted molar refractivity (Wildman–Crippen MR) is 101 cm³/mol. The Labute approximate surface area is 162 Å². The monoisotopic (exact) mass is 387 g/mol. The molecule has 0 aliphatic heterocycles.